The maximum atomic E-state index is 8.52. The minimum absolute atomic E-state index is 0.419. The molecule has 4 nitrogen and oxygen atoms in total. The maximum Gasteiger partial charge on any atom is 0.292 e. The van der Waals surface area contributed by atoms with Crippen molar-refractivity contribution in [1.29, 1.82) is 10.5 Å². The molecule has 24 heavy (non-hydrogen) atoms. The van der Waals surface area contributed by atoms with Gasteiger partial charge in [-0.1, -0.05) is 38.1 Å². The molecule has 0 heterocycles. The van der Waals surface area contributed by atoms with Crippen molar-refractivity contribution in [2.24, 2.45) is 5.92 Å². The SMILES string of the molecule is CC(CCc1ccc(OC#N)cc1)C(C)c1ccc(OC#N)cc1. The van der Waals surface area contributed by atoms with Gasteiger partial charge in [-0.2, -0.15) is 0 Å². The molecule has 122 valence electrons. The highest BCUT2D eigenvalue weighted by molar-refractivity contribution is 5.30. The standard InChI is InChI=1S/C20H20N2O2/c1-15(3-4-17-5-9-19(10-6-17)23-13-21)16(2)18-7-11-20(12-8-18)24-14-22/h5-12,15-16H,3-4H2,1-2H3. The number of aryl methyl sites for hydroxylation is 1. The molecule has 0 N–H and O–H groups in total. The van der Waals surface area contributed by atoms with E-state index in [1.54, 1.807) is 12.5 Å². The predicted molar refractivity (Wildman–Crippen MR) is 91.3 cm³/mol. The van der Waals surface area contributed by atoms with Gasteiger partial charge in [-0.25, -0.2) is 0 Å². The van der Waals surface area contributed by atoms with Crippen LogP contribution in [0, 0.1) is 29.0 Å². The van der Waals surface area contributed by atoms with Gasteiger partial charge in [0.15, 0.2) is 0 Å². The molecular weight excluding hydrogens is 300 g/mol. The Kier molecular flexibility index (Phi) is 6.23. The Morgan fingerprint density at radius 2 is 1.33 bits per heavy atom. The molecule has 0 radical (unpaired) electrons. The first-order chi connectivity index (χ1) is 11.6. The summed E-state index contributed by atoms with van der Waals surface area (Å²) in [5.74, 6) is 2.08. The van der Waals surface area contributed by atoms with Crippen LogP contribution in [0.5, 0.6) is 11.5 Å². The first kappa shape index (κ1) is 17.4. The van der Waals surface area contributed by atoms with E-state index in [4.69, 9.17) is 20.0 Å². The van der Waals surface area contributed by atoms with Crippen LogP contribution in [0.1, 0.15) is 37.3 Å². The van der Waals surface area contributed by atoms with Gasteiger partial charge in [-0.3, -0.25) is 0 Å². The first-order valence-corrected chi connectivity index (χ1v) is 7.94. The van der Waals surface area contributed by atoms with Gasteiger partial charge in [0.05, 0.1) is 0 Å². The summed E-state index contributed by atoms with van der Waals surface area (Å²) in [5.41, 5.74) is 2.47. The minimum Gasteiger partial charge on any atom is -0.388 e. The zero-order valence-corrected chi connectivity index (χ0v) is 13.9. The van der Waals surface area contributed by atoms with Gasteiger partial charge in [0.25, 0.3) is 12.5 Å². The maximum absolute atomic E-state index is 8.52. The average molecular weight is 320 g/mol. The fourth-order valence-electron chi connectivity index (χ4n) is 2.64. The van der Waals surface area contributed by atoms with Gasteiger partial charge in [-0.05, 0) is 60.1 Å². The van der Waals surface area contributed by atoms with Gasteiger partial charge in [0.1, 0.15) is 11.5 Å². The number of benzene rings is 2. The van der Waals surface area contributed by atoms with Crippen molar-refractivity contribution in [2.75, 3.05) is 0 Å². The van der Waals surface area contributed by atoms with Crippen LogP contribution < -0.4 is 9.47 Å². The molecule has 0 aliphatic carbocycles. The van der Waals surface area contributed by atoms with E-state index in [-0.39, 0.29) is 0 Å². The van der Waals surface area contributed by atoms with E-state index >= 15 is 0 Å². The van der Waals surface area contributed by atoms with E-state index in [0.717, 1.165) is 12.8 Å². The Bertz CT molecular complexity index is 724. The second-order valence-electron chi connectivity index (χ2n) is 5.90. The van der Waals surface area contributed by atoms with Crippen molar-refractivity contribution < 1.29 is 9.47 Å². The lowest BCUT2D eigenvalue weighted by Crippen LogP contribution is -2.07. The van der Waals surface area contributed by atoms with E-state index < -0.39 is 0 Å². The number of hydrogen-bond donors (Lipinski definition) is 0. The van der Waals surface area contributed by atoms with Crippen LogP contribution in [0.3, 0.4) is 0 Å². The van der Waals surface area contributed by atoms with Crippen molar-refractivity contribution >= 4 is 0 Å². The predicted octanol–water partition coefficient (Wildman–Crippen LogP) is 4.78. The molecule has 0 bridgehead atoms. The molecule has 2 unspecified atom stereocenters. The Morgan fingerprint density at radius 1 is 0.833 bits per heavy atom. The third-order valence-corrected chi connectivity index (χ3v) is 4.40. The third-order valence-electron chi connectivity index (χ3n) is 4.40. The highest BCUT2D eigenvalue weighted by Crippen LogP contribution is 2.29. The summed E-state index contributed by atoms with van der Waals surface area (Å²) in [6, 6.07) is 15.3. The Morgan fingerprint density at radius 3 is 1.83 bits per heavy atom. The fourth-order valence-corrected chi connectivity index (χ4v) is 2.64. The second kappa shape index (κ2) is 8.60. The van der Waals surface area contributed by atoms with Crippen molar-refractivity contribution in [2.45, 2.75) is 32.6 Å². The van der Waals surface area contributed by atoms with Gasteiger partial charge in [0, 0.05) is 0 Å². The number of nitrogens with zero attached hydrogens (tertiary/aromatic N) is 2. The van der Waals surface area contributed by atoms with Crippen molar-refractivity contribution in [3.63, 3.8) is 0 Å². The number of nitriles is 2. The number of hydrogen-bond acceptors (Lipinski definition) is 4. The minimum atomic E-state index is 0.419. The summed E-state index contributed by atoms with van der Waals surface area (Å²) in [6.45, 7) is 4.46. The van der Waals surface area contributed by atoms with Crippen molar-refractivity contribution in [1.82, 2.24) is 0 Å². The highest BCUT2D eigenvalue weighted by Gasteiger charge is 2.14. The van der Waals surface area contributed by atoms with Crippen molar-refractivity contribution in [3.05, 3.63) is 59.7 Å². The number of ether oxygens (including phenoxy) is 2. The highest BCUT2D eigenvalue weighted by atomic mass is 16.5. The molecular formula is C20H20N2O2. The monoisotopic (exact) mass is 320 g/mol. The molecule has 4 heteroatoms. The van der Waals surface area contributed by atoms with E-state index in [1.807, 2.05) is 48.5 Å². The van der Waals surface area contributed by atoms with Crippen LogP contribution in [-0.2, 0) is 6.42 Å². The molecule has 0 saturated heterocycles. The smallest absolute Gasteiger partial charge is 0.292 e. The normalized spacial score (nSPS) is 12.5. The van der Waals surface area contributed by atoms with Crippen LogP contribution in [0.25, 0.3) is 0 Å². The van der Waals surface area contributed by atoms with Crippen LogP contribution >= 0.6 is 0 Å². The zero-order valence-electron chi connectivity index (χ0n) is 13.9. The summed E-state index contributed by atoms with van der Waals surface area (Å²) < 4.78 is 9.59. The second-order valence-corrected chi connectivity index (χ2v) is 5.90. The molecule has 2 aromatic carbocycles. The van der Waals surface area contributed by atoms with Crippen LogP contribution in [0.15, 0.2) is 48.5 Å². The molecule has 0 aliphatic heterocycles. The van der Waals surface area contributed by atoms with Gasteiger partial charge >= 0.3 is 0 Å². The molecule has 2 rings (SSSR count). The Hall–Kier alpha value is -2.98. The van der Waals surface area contributed by atoms with Gasteiger partial charge < -0.3 is 9.47 Å². The molecule has 2 aromatic rings. The molecule has 2 atom stereocenters. The third kappa shape index (κ3) is 4.76. The Labute approximate surface area is 142 Å². The molecule has 0 amide bonds. The van der Waals surface area contributed by atoms with E-state index in [2.05, 4.69) is 13.8 Å². The Balaban J connectivity index is 1.90. The van der Waals surface area contributed by atoms with Crippen molar-refractivity contribution in [3.8, 4) is 24.0 Å². The largest absolute Gasteiger partial charge is 0.388 e. The zero-order chi connectivity index (χ0) is 17.4. The fraction of sp³-hybridized carbons (Fsp3) is 0.300. The lowest BCUT2D eigenvalue weighted by Gasteiger charge is -2.20. The van der Waals surface area contributed by atoms with E-state index in [9.17, 15) is 0 Å². The summed E-state index contributed by atoms with van der Waals surface area (Å²) >= 11 is 0. The molecule has 0 fully saturated rings. The average Bonchev–Trinajstić information content (AvgIpc) is 2.61. The first-order valence-electron chi connectivity index (χ1n) is 7.94. The molecule has 0 saturated carbocycles. The van der Waals surface area contributed by atoms with Gasteiger partial charge in [0.2, 0.25) is 0 Å². The molecule has 0 aromatic heterocycles. The summed E-state index contributed by atoms with van der Waals surface area (Å²) in [6.07, 6.45) is 5.40. The lowest BCUT2D eigenvalue weighted by atomic mass is 9.85. The topological polar surface area (TPSA) is 66.0 Å². The summed E-state index contributed by atoms with van der Waals surface area (Å²) in [7, 11) is 0. The lowest BCUT2D eigenvalue weighted by molar-refractivity contribution is 0.452. The summed E-state index contributed by atoms with van der Waals surface area (Å²) in [5, 5.41) is 17.0. The van der Waals surface area contributed by atoms with Crippen LogP contribution in [0.2, 0.25) is 0 Å². The van der Waals surface area contributed by atoms with Crippen LogP contribution in [-0.4, -0.2) is 0 Å². The van der Waals surface area contributed by atoms with E-state index in [0.29, 0.717) is 23.3 Å². The molecule has 0 spiro atoms. The quantitative estimate of drug-likeness (QED) is 0.689. The van der Waals surface area contributed by atoms with Gasteiger partial charge in [-0.15, -0.1) is 10.5 Å². The number of rotatable bonds is 7. The summed E-state index contributed by atoms with van der Waals surface area (Å²) in [4.78, 5) is 0. The van der Waals surface area contributed by atoms with Crippen LogP contribution in [0.4, 0.5) is 0 Å². The van der Waals surface area contributed by atoms with E-state index in [1.165, 1.54) is 11.1 Å². The molecule has 0 aliphatic rings.